The number of ether oxygens (including phenoxy) is 1. The highest BCUT2D eigenvalue weighted by Crippen LogP contribution is 2.51. The van der Waals surface area contributed by atoms with Crippen molar-refractivity contribution in [3.8, 4) is 28.4 Å². The fraction of sp³-hybridized carbons (Fsp3) is 0.264. The molecule has 0 saturated heterocycles. The summed E-state index contributed by atoms with van der Waals surface area (Å²) in [7, 11) is 0. The maximum absolute atomic E-state index is 7.03. The Hall–Kier alpha value is -7.89. The summed E-state index contributed by atoms with van der Waals surface area (Å²) in [5, 5.41) is 2.32. The van der Waals surface area contributed by atoms with Crippen molar-refractivity contribution in [2.24, 2.45) is 0 Å². The number of nitrogens with zero attached hydrogens (tertiary/aromatic N) is 4. The summed E-state index contributed by atoms with van der Waals surface area (Å²) in [5.74, 6) is 2.39. The Kier molecular flexibility index (Phi) is 12.6. The van der Waals surface area contributed by atoms with E-state index in [0.29, 0.717) is 6.67 Å². The minimum atomic E-state index is -0.248. The van der Waals surface area contributed by atoms with Crippen molar-refractivity contribution in [1.82, 2.24) is 9.55 Å². The number of pyridine rings is 1. The molecule has 5 nitrogen and oxygen atoms in total. The van der Waals surface area contributed by atoms with Crippen LogP contribution < -0.4 is 14.5 Å². The molecule has 10 aromatic rings. The first kappa shape index (κ1) is 51.2. The van der Waals surface area contributed by atoms with Crippen LogP contribution in [0.2, 0.25) is 0 Å². The van der Waals surface area contributed by atoms with E-state index in [-0.39, 0.29) is 27.1 Å². The van der Waals surface area contributed by atoms with Crippen LogP contribution in [0.1, 0.15) is 129 Å². The summed E-state index contributed by atoms with van der Waals surface area (Å²) in [6, 6.07) is 71.0. The van der Waals surface area contributed by atoms with Gasteiger partial charge in [0.25, 0.3) is 0 Å². The van der Waals surface area contributed by atoms with Crippen molar-refractivity contribution in [2.75, 3.05) is 16.5 Å². The van der Waals surface area contributed by atoms with Crippen LogP contribution in [0, 0.1) is 0 Å². The number of aromatic nitrogens is 2. The second-order valence-electron chi connectivity index (χ2n) is 25.5. The maximum atomic E-state index is 7.03. The lowest BCUT2D eigenvalue weighted by Gasteiger charge is -2.32. The minimum absolute atomic E-state index is 0.0560. The van der Waals surface area contributed by atoms with Gasteiger partial charge in [0.05, 0.1) is 22.4 Å². The second kappa shape index (κ2) is 19.0. The van der Waals surface area contributed by atoms with Gasteiger partial charge >= 0.3 is 0 Å². The third-order valence-corrected chi connectivity index (χ3v) is 16.3. The van der Waals surface area contributed by atoms with Crippen molar-refractivity contribution < 1.29 is 4.74 Å². The summed E-state index contributed by atoms with van der Waals surface area (Å²) in [6.45, 7) is 30.9. The smallest absolute Gasteiger partial charge is 0.137 e. The Morgan fingerprint density at radius 2 is 0.948 bits per heavy atom. The fourth-order valence-electron chi connectivity index (χ4n) is 11.5. The highest BCUT2D eigenvalue weighted by molar-refractivity contribution is 6.10. The molecule has 3 heterocycles. The maximum Gasteiger partial charge on any atom is 0.137 e. The second-order valence-corrected chi connectivity index (χ2v) is 25.5. The Morgan fingerprint density at radius 3 is 1.55 bits per heavy atom. The normalized spacial score (nSPS) is 13.4. The summed E-state index contributed by atoms with van der Waals surface area (Å²) in [6.07, 6.45) is 1.96. The van der Waals surface area contributed by atoms with Crippen LogP contribution >= 0.6 is 0 Å². The molecule has 388 valence electrons. The Morgan fingerprint density at radius 1 is 0.377 bits per heavy atom. The van der Waals surface area contributed by atoms with Crippen molar-refractivity contribution in [2.45, 2.75) is 117 Å². The first-order valence-electron chi connectivity index (χ1n) is 27.5. The van der Waals surface area contributed by atoms with Crippen LogP contribution in [-0.2, 0) is 27.1 Å². The molecule has 0 aliphatic carbocycles. The largest absolute Gasteiger partial charge is 0.457 e. The number of rotatable bonds is 10. The van der Waals surface area contributed by atoms with Crippen LogP contribution in [0.15, 0.2) is 200 Å². The number of benzene rings is 8. The summed E-state index contributed by atoms with van der Waals surface area (Å²) in [5.41, 5.74) is 17.6. The first-order valence-corrected chi connectivity index (χ1v) is 27.5. The number of anilines is 4. The van der Waals surface area contributed by atoms with Gasteiger partial charge in [0, 0.05) is 51.3 Å². The standard InChI is InChI=1S/C72H74N4O/c1-68(2,3)54-38-49(48-24-17-14-18-25-48)39-56(40-54)75-47-74(65-45-61(69(4,5)6)62(46-66(65)75)70(7,8)9)55-30-23-31-57(43-55)77-58-33-34-59-60-41-52(71(10,11)50-26-19-15-20-27-50)32-35-63(60)76(64(59)44-58)67-42-53(36-37-73-67)72(12,13)51-28-21-16-22-29-51/h14-46H,47H2,1-13H3. The fourth-order valence-corrected chi connectivity index (χ4v) is 11.5. The van der Waals surface area contributed by atoms with E-state index in [4.69, 9.17) is 9.72 Å². The Balaban J connectivity index is 1.02. The predicted octanol–water partition coefficient (Wildman–Crippen LogP) is 19.4. The molecule has 77 heavy (non-hydrogen) atoms. The molecule has 1 aliphatic rings. The average molecular weight is 1010 g/mol. The van der Waals surface area contributed by atoms with E-state index < -0.39 is 0 Å². The van der Waals surface area contributed by atoms with Crippen molar-refractivity contribution in [3.05, 3.63) is 239 Å². The van der Waals surface area contributed by atoms with Gasteiger partial charge in [0.1, 0.15) is 24.0 Å². The number of fused-ring (bicyclic) bond motifs is 4. The topological polar surface area (TPSA) is 33.5 Å². The SMILES string of the molecule is CC(C)(C)c1cc(-c2ccccc2)cc(N2CN(c3cccc(Oc4ccc5c6cc(C(C)(C)c7ccccc7)ccc6n(-c6cc(C(C)(C)c7ccccc7)ccn6)c5c4)c3)c3cc(C(C)(C)C)c(C(C)(C)C)cc32)c1. The number of hydrogen-bond donors (Lipinski definition) is 0. The van der Waals surface area contributed by atoms with Crippen LogP contribution in [0.5, 0.6) is 11.5 Å². The van der Waals surface area contributed by atoms with E-state index in [9.17, 15) is 0 Å². The molecule has 11 rings (SSSR count). The number of hydrogen-bond acceptors (Lipinski definition) is 4. The highest BCUT2D eigenvalue weighted by atomic mass is 16.5. The lowest BCUT2D eigenvalue weighted by atomic mass is 9.74. The van der Waals surface area contributed by atoms with Crippen molar-refractivity contribution >= 4 is 44.6 Å². The third-order valence-electron chi connectivity index (χ3n) is 16.3. The minimum Gasteiger partial charge on any atom is -0.457 e. The zero-order chi connectivity index (χ0) is 54.2. The van der Waals surface area contributed by atoms with Gasteiger partial charge in [-0.15, -0.1) is 0 Å². The lowest BCUT2D eigenvalue weighted by Crippen LogP contribution is -2.24. The van der Waals surface area contributed by atoms with Gasteiger partial charge in [-0.3, -0.25) is 4.57 Å². The van der Waals surface area contributed by atoms with Crippen LogP contribution in [0.3, 0.4) is 0 Å². The van der Waals surface area contributed by atoms with E-state index in [1.165, 1.54) is 72.5 Å². The van der Waals surface area contributed by atoms with E-state index in [0.717, 1.165) is 39.4 Å². The predicted molar refractivity (Wildman–Crippen MR) is 326 cm³/mol. The first-order chi connectivity index (χ1) is 36.6. The quantitative estimate of drug-likeness (QED) is 0.137. The van der Waals surface area contributed by atoms with Gasteiger partial charge in [0.2, 0.25) is 0 Å². The molecule has 0 spiro atoms. The van der Waals surface area contributed by atoms with Crippen molar-refractivity contribution in [1.29, 1.82) is 0 Å². The average Bonchev–Trinajstić information content (AvgIpc) is 3.97. The molecular formula is C72H74N4O. The molecular weight excluding hydrogens is 937 g/mol. The van der Waals surface area contributed by atoms with Gasteiger partial charge in [-0.2, -0.15) is 0 Å². The van der Waals surface area contributed by atoms with Gasteiger partial charge < -0.3 is 14.5 Å². The van der Waals surface area contributed by atoms with E-state index in [1.807, 2.05) is 6.20 Å². The third kappa shape index (κ3) is 9.60. The van der Waals surface area contributed by atoms with Crippen LogP contribution in [0.4, 0.5) is 22.7 Å². The highest BCUT2D eigenvalue weighted by Gasteiger charge is 2.35. The molecule has 0 radical (unpaired) electrons. The molecule has 0 fully saturated rings. The van der Waals surface area contributed by atoms with Gasteiger partial charge in [-0.05, 0) is 139 Å². The van der Waals surface area contributed by atoms with E-state index >= 15 is 0 Å². The molecule has 8 aromatic carbocycles. The Labute approximate surface area is 457 Å². The molecule has 2 aromatic heterocycles. The zero-order valence-corrected chi connectivity index (χ0v) is 47.5. The van der Waals surface area contributed by atoms with Gasteiger partial charge in [-0.1, -0.05) is 199 Å². The molecule has 0 amide bonds. The van der Waals surface area contributed by atoms with Crippen LogP contribution in [0.25, 0.3) is 38.8 Å². The summed E-state index contributed by atoms with van der Waals surface area (Å²) >= 11 is 0. The van der Waals surface area contributed by atoms with E-state index in [1.54, 1.807) is 0 Å². The van der Waals surface area contributed by atoms with Crippen LogP contribution in [-0.4, -0.2) is 16.2 Å². The molecule has 5 heteroatoms. The monoisotopic (exact) mass is 1010 g/mol. The molecule has 1 aliphatic heterocycles. The molecule has 0 bridgehead atoms. The molecule has 0 N–H and O–H groups in total. The summed E-state index contributed by atoms with van der Waals surface area (Å²) < 4.78 is 9.35. The molecule has 0 unspecified atom stereocenters. The van der Waals surface area contributed by atoms with Gasteiger partial charge in [0.15, 0.2) is 0 Å². The molecule has 0 saturated carbocycles. The Bertz CT molecular complexity index is 3810. The van der Waals surface area contributed by atoms with E-state index in [2.05, 4.69) is 298 Å². The van der Waals surface area contributed by atoms with Crippen molar-refractivity contribution in [3.63, 3.8) is 0 Å². The zero-order valence-electron chi connectivity index (χ0n) is 47.5. The summed E-state index contributed by atoms with van der Waals surface area (Å²) in [4.78, 5) is 10.1. The lowest BCUT2D eigenvalue weighted by molar-refractivity contribution is 0.483. The van der Waals surface area contributed by atoms with Gasteiger partial charge in [-0.25, -0.2) is 4.98 Å². The molecule has 0 atom stereocenters.